The van der Waals surface area contributed by atoms with Crippen LogP contribution in [0, 0.1) is 0 Å². The zero-order valence-corrected chi connectivity index (χ0v) is 14.8. The monoisotopic (exact) mass is 337 g/mol. The smallest absolute Gasteiger partial charge is 0.235 e. The maximum absolute atomic E-state index is 12.6. The van der Waals surface area contributed by atoms with Crippen molar-refractivity contribution >= 4 is 23.2 Å². The van der Waals surface area contributed by atoms with Gasteiger partial charge in [0, 0.05) is 18.8 Å². The summed E-state index contributed by atoms with van der Waals surface area (Å²) in [5, 5.41) is -0.00289. The van der Waals surface area contributed by atoms with E-state index in [9.17, 15) is 4.79 Å². The Kier molecular flexibility index (Phi) is 5.76. The minimum Gasteiger partial charge on any atom is -0.338 e. The summed E-state index contributed by atoms with van der Waals surface area (Å²) in [7, 11) is 0. The summed E-state index contributed by atoms with van der Waals surface area (Å²) in [6.45, 7) is 3.56. The standard InChI is InChI=1S/C21H23NOS/c1-17(24-16-18-8-4-2-5-9-18)21(23)22-14-12-20(13-15-22)19-10-6-3-7-11-19/h2-12,17H,13-16H2,1H3. The van der Waals surface area contributed by atoms with Gasteiger partial charge < -0.3 is 4.90 Å². The van der Waals surface area contributed by atoms with Gasteiger partial charge in [-0.3, -0.25) is 4.79 Å². The molecule has 0 aromatic heterocycles. The highest BCUT2D eigenvalue weighted by Gasteiger charge is 2.22. The van der Waals surface area contributed by atoms with E-state index in [1.54, 1.807) is 11.8 Å². The molecule has 0 saturated heterocycles. The van der Waals surface area contributed by atoms with E-state index < -0.39 is 0 Å². The highest BCUT2D eigenvalue weighted by Crippen LogP contribution is 2.24. The fraction of sp³-hybridized carbons (Fsp3) is 0.286. The number of rotatable bonds is 5. The number of thioether (sulfide) groups is 1. The molecule has 1 aliphatic rings. The van der Waals surface area contributed by atoms with E-state index in [2.05, 4.69) is 42.5 Å². The van der Waals surface area contributed by atoms with E-state index in [4.69, 9.17) is 0 Å². The number of nitrogens with zero attached hydrogens (tertiary/aromatic N) is 1. The molecular weight excluding hydrogens is 314 g/mol. The van der Waals surface area contributed by atoms with Crippen molar-refractivity contribution in [3.8, 4) is 0 Å². The third-order valence-corrected chi connectivity index (χ3v) is 5.56. The first kappa shape index (κ1) is 16.8. The number of benzene rings is 2. The van der Waals surface area contributed by atoms with Gasteiger partial charge in [-0.1, -0.05) is 66.7 Å². The second-order valence-corrected chi connectivity index (χ2v) is 7.40. The van der Waals surface area contributed by atoms with Crippen molar-refractivity contribution in [2.45, 2.75) is 24.3 Å². The number of carbonyl (C=O) groups excluding carboxylic acids is 1. The van der Waals surface area contributed by atoms with Crippen LogP contribution in [0.15, 0.2) is 66.7 Å². The molecule has 0 aliphatic carbocycles. The van der Waals surface area contributed by atoms with Crippen molar-refractivity contribution in [1.29, 1.82) is 0 Å². The van der Waals surface area contributed by atoms with Crippen LogP contribution in [0.3, 0.4) is 0 Å². The molecule has 0 N–H and O–H groups in total. The normalized spacial score (nSPS) is 15.7. The molecule has 24 heavy (non-hydrogen) atoms. The van der Waals surface area contributed by atoms with Crippen LogP contribution in [-0.2, 0) is 10.5 Å². The van der Waals surface area contributed by atoms with Crippen LogP contribution in [0.2, 0.25) is 0 Å². The Morgan fingerprint density at radius 1 is 1.08 bits per heavy atom. The van der Waals surface area contributed by atoms with Gasteiger partial charge in [0.05, 0.1) is 5.25 Å². The molecule has 2 nitrogen and oxygen atoms in total. The molecule has 1 amide bonds. The number of carbonyl (C=O) groups is 1. The Morgan fingerprint density at radius 3 is 2.38 bits per heavy atom. The topological polar surface area (TPSA) is 20.3 Å². The van der Waals surface area contributed by atoms with Crippen molar-refractivity contribution < 1.29 is 4.79 Å². The van der Waals surface area contributed by atoms with E-state index in [1.807, 2.05) is 36.1 Å². The van der Waals surface area contributed by atoms with Gasteiger partial charge in [0.1, 0.15) is 0 Å². The lowest BCUT2D eigenvalue weighted by atomic mass is 9.99. The molecule has 0 bridgehead atoms. The second kappa shape index (κ2) is 8.20. The van der Waals surface area contributed by atoms with Crippen LogP contribution in [-0.4, -0.2) is 29.1 Å². The number of amides is 1. The first-order valence-corrected chi connectivity index (χ1v) is 9.47. The molecule has 1 heterocycles. The van der Waals surface area contributed by atoms with Crippen LogP contribution >= 0.6 is 11.8 Å². The maximum Gasteiger partial charge on any atom is 0.235 e. The Labute approximate surface area is 148 Å². The molecule has 3 rings (SSSR count). The van der Waals surface area contributed by atoms with Gasteiger partial charge in [-0.25, -0.2) is 0 Å². The third kappa shape index (κ3) is 4.30. The minimum atomic E-state index is -0.00289. The number of hydrogen-bond acceptors (Lipinski definition) is 2. The molecule has 0 spiro atoms. The van der Waals surface area contributed by atoms with Gasteiger partial charge in [-0.05, 0) is 30.0 Å². The van der Waals surface area contributed by atoms with Gasteiger partial charge in [0.2, 0.25) is 5.91 Å². The quantitative estimate of drug-likeness (QED) is 0.793. The first-order valence-electron chi connectivity index (χ1n) is 8.43. The van der Waals surface area contributed by atoms with Crippen molar-refractivity contribution in [3.05, 3.63) is 77.9 Å². The lowest BCUT2D eigenvalue weighted by Gasteiger charge is -2.29. The third-order valence-electron chi connectivity index (χ3n) is 4.36. The summed E-state index contributed by atoms with van der Waals surface area (Å²) >= 11 is 1.72. The van der Waals surface area contributed by atoms with E-state index in [0.29, 0.717) is 0 Å². The van der Waals surface area contributed by atoms with Crippen LogP contribution in [0.5, 0.6) is 0 Å². The van der Waals surface area contributed by atoms with Crippen LogP contribution in [0.1, 0.15) is 24.5 Å². The molecule has 1 unspecified atom stereocenters. The van der Waals surface area contributed by atoms with Gasteiger partial charge >= 0.3 is 0 Å². The van der Waals surface area contributed by atoms with Crippen molar-refractivity contribution in [1.82, 2.24) is 4.90 Å². The zero-order chi connectivity index (χ0) is 16.8. The molecule has 124 valence electrons. The summed E-state index contributed by atoms with van der Waals surface area (Å²) in [6, 6.07) is 20.8. The summed E-state index contributed by atoms with van der Waals surface area (Å²) < 4.78 is 0. The van der Waals surface area contributed by atoms with Gasteiger partial charge in [-0.15, -0.1) is 11.8 Å². The predicted octanol–water partition coefficient (Wildman–Crippen LogP) is 4.62. The van der Waals surface area contributed by atoms with Crippen LogP contribution in [0.25, 0.3) is 5.57 Å². The average molecular weight is 337 g/mol. The Bertz CT molecular complexity index is 696. The summed E-state index contributed by atoms with van der Waals surface area (Å²) in [5.74, 6) is 1.13. The molecule has 0 saturated carbocycles. The van der Waals surface area contributed by atoms with Gasteiger partial charge in [0.25, 0.3) is 0 Å². The fourth-order valence-electron chi connectivity index (χ4n) is 2.91. The molecule has 2 aromatic rings. The second-order valence-electron chi connectivity index (χ2n) is 6.07. The maximum atomic E-state index is 12.6. The molecular formula is C21H23NOS. The van der Waals surface area contributed by atoms with Crippen molar-refractivity contribution in [2.24, 2.45) is 0 Å². The van der Waals surface area contributed by atoms with Crippen molar-refractivity contribution in [3.63, 3.8) is 0 Å². The van der Waals surface area contributed by atoms with E-state index >= 15 is 0 Å². The van der Waals surface area contributed by atoms with Crippen molar-refractivity contribution in [2.75, 3.05) is 13.1 Å². The fourth-order valence-corrected chi connectivity index (χ4v) is 3.83. The lowest BCUT2D eigenvalue weighted by Crippen LogP contribution is -2.39. The molecule has 1 aliphatic heterocycles. The van der Waals surface area contributed by atoms with Gasteiger partial charge in [-0.2, -0.15) is 0 Å². The highest BCUT2D eigenvalue weighted by atomic mass is 32.2. The minimum absolute atomic E-state index is 0.00289. The molecule has 3 heteroatoms. The average Bonchev–Trinajstić information content (AvgIpc) is 2.67. The SMILES string of the molecule is CC(SCc1ccccc1)C(=O)N1CC=C(c2ccccc2)CC1. The molecule has 0 fully saturated rings. The zero-order valence-electron chi connectivity index (χ0n) is 14.0. The Morgan fingerprint density at radius 2 is 1.75 bits per heavy atom. The van der Waals surface area contributed by atoms with Gasteiger partial charge in [0.15, 0.2) is 0 Å². The van der Waals surface area contributed by atoms with Crippen LogP contribution in [0.4, 0.5) is 0 Å². The Hall–Kier alpha value is -2.00. The summed E-state index contributed by atoms with van der Waals surface area (Å²) in [4.78, 5) is 14.6. The van der Waals surface area contributed by atoms with E-state index in [0.717, 1.165) is 25.3 Å². The Balaban J connectivity index is 1.53. The number of hydrogen-bond donors (Lipinski definition) is 0. The summed E-state index contributed by atoms with van der Waals surface area (Å²) in [6.07, 6.45) is 3.14. The molecule has 0 radical (unpaired) electrons. The van der Waals surface area contributed by atoms with Crippen LogP contribution < -0.4 is 0 Å². The summed E-state index contributed by atoms with van der Waals surface area (Å²) in [5.41, 5.74) is 3.90. The molecule has 2 aromatic carbocycles. The molecule has 1 atom stereocenters. The lowest BCUT2D eigenvalue weighted by molar-refractivity contribution is -0.129. The predicted molar refractivity (Wildman–Crippen MR) is 103 cm³/mol. The first-order chi connectivity index (χ1) is 11.7. The highest BCUT2D eigenvalue weighted by molar-refractivity contribution is 7.99. The largest absolute Gasteiger partial charge is 0.338 e. The van der Waals surface area contributed by atoms with E-state index in [-0.39, 0.29) is 11.2 Å². The van der Waals surface area contributed by atoms with E-state index in [1.165, 1.54) is 16.7 Å².